The summed E-state index contributed by atoms with van der Waals surface area (Å²) < 4.78 is 15.2. The second-order valence-electron chi connectivity index (χ2n) is 7.46. The lowest BCUT2D eigenvalue weighted by Crippen LogP contribution is -2.22. The van der Waals surface area contributed by atoms with Crippen LogP contribution in [0.5, 0.6) is 0 Å². The smallest absolute Gasteiger partial charge is 0.249 e. The molecule has 2 aromatic rings. The quantitative estimate of drug-likeness (QED) is 0.824. The lowest BCUT2D eigenvalue weighted by atomic mass is 9.89. The van der Waals surface area contributed by atoms with Gasteiger partial charge in [-0.25, -0.2) is 4.39 Å². The van der Waals surface area contributed by atoms with Crippen molar-refractivity contribution in [3.05, 3.63) is 76.1 Å². The highest BCUT2D eigenvalue weighted by Gasteiger charge is 2.29. The Kier molecular flexibility index (Phi) is 4.18. The number of nitrogens with two attached hydrogens (primary N) is 1. The Hall–Kier alpha value is -3.21. The third-order valence-corrected chi connectivity index (χ3v) is 5.81. The molecular weight excluding hydrogens is 355 g/mol. The van der Waals surface area contributed by atoms with E-state index in [1.165, 1.54) is 12.1 Å². The van der Waals surface area contributed by atoms with Gasteiger partial charge in [0.05, 0.1) is 0 Å². The summed E-state index contributed by atoms with van der Waals surface area (Å²) in [5, 5.41) is 0. The van der Waals surface area contributed by atoms with Gasteiger partial charge < -0.3 is 10.6 Å². The molecule has 28 heavy (non-hydrogen) atoms. The van der Waals surface area contributed by atoms with Crippen LogP contribution in [0.4, 0.5) is 4.39 Å². The molecule has 2 aromatic carbocycles. The number of rotatable bonds is 3. The number of allylic oxidation sites excluding steroid dienone is 2. The highest BCUT2D eigenvalue weighted by Crippen LogP contribution is 2.43. The molecule has 0 saturated heterocycles. The molecule has 0 bridgehead atoms. The maximum Gasteiger partial charge on any atom is 0.249 e. The minimum atomic E-state index is -0.614. The SMILES string of the molecule is C=CC(=O)N1Cc2ccc(-c3c(F)cc(C(N)=O)c4c3C(C)=C(C)C4)cc2C1. The summed E-state index contributed by atoms with van der Waals surface area (Å²) in [4.78, 5) is 25.5. The van der Waals surface area contributed by atoms with Gasteiger partial charge in [0.1, 0.15) is 5.82 Å². The lowest BCUT2D eigenvalue weighted by molar-refractivity contribution is -0.126. The van der Waals surface area contributed by atoms with Crippen molar-refractivity contribution in [2.45, 2.75) is 33.4 Å². The molecule has 1 aliphatic heterocycles. The third-order valence-electron chi connectivity index (χ3n) is 5.81. The normalized spacial score (nSPS) is 14.9. The Bertz CT molecular complexity index is 1100. The summed E-state index contributed by atoms with van der Waals surface area (Å²) in [6.07, 6.45) is 1.90. The van der Waals surface area contributed by atoms with Crippen LogP contribution in [0, 0.1) is 5.82 Å². The highest BCUT2D eigenvalue weighted by molar-refractivity contribution is 6.00. The zero-order chi connectivity index (χ0) is 20.2. The monoisotopic (exact) mass is 376 g/mol. The summed E-state index contributed by atoms with van der Waals surface area (Å²) in [5.74, 6) is -1.19. The zero-order valence-electron chi connectivity index (χ0n) is 15.9. The molecule has 5 heteroatoms. The minimum Gasteiger partial charge on any atom is -0.366 e. The molecular formula is C23H21FN2O2. The number of carbonyl (C=O) groups is 2. The molecule has 2 N–H and O–H groups in total. The summed E-state index contributed by atoms with van der Waals surface area (Å²) in [5.41, 5.74) is 12.7. The van der Waals surface area contributed by atoms with E-state index >= 15 is 4.39 Å². The Morgan fingerprint density at radius 2 is 1.86 bits per heavy atom. The summed E-state index contributed by atoms with van der Waals surface area (Å²) in [6, 6.07) is 7.01. The van der Waals surface area contributed by atoms with Crippen LogP contribution in [0.1, 0.15) is 46.5 Å². The molecule has 2 aliphatic rings. The number of primary amides is 1. The summed E-state index contributed by atoms with van der Waals surface area (Å²) >= 11 is 0. The van der Waals surface area contributed by atoms with Gasteiger partial charge in [0.25, 0.3) is 0 Å². The van der Waals surface area contributed by atoms with Gasteiger partial charge in [0.2, 0.25) is 11.8 Å². The van der Waals surface area contributed by atoms with E-state index in [0.29, 0.717) is 25.1 Å². The molecule has 0 unspecified atom stereocenters. The van der Waals surface area contributed by atoms with Crippen LogP contribution in [-0.4, -0.2) is 16.7 Å². The molecule has 0 radical (unpaired) electrons. The van der Waals surface area contributed by atoms with Crippen molar-refractivity contribution in [2.75, 3.05) is 0 Å². The maximum atomic E-state index is 15.2. The second-order valence-corrected chi connectivity index (χ2v) is 7.46. The van der Waals surface area contributed by atoms with E-state index in [2.05, 4.69) is 6.58 Å². The van der Waals surface area contributed by atoms with E-state index in [-0.39, 0.29) is 11.5 Å². The molecule has 4 nitrogen and oxygen atoms in total. The molecule has 1 heterocycles. The van der Waals surface area contributed by atoms with E-state index in [4.69, 9.17) is 5.73 Å². The third kappa shape index (κ3) is 2.66. The Labute approximate surface area is 163 Å². The van der Waals surface area contributed by atoms with Gasteiger partial charge >= 0.3 is 0 Å². The van der Waals surface area contributed by atoms with Crippen molar-refractivity contribution in [3.63, 3.8) is 0 Å². The van der Waals surface area contributed by atoms with Crippen LogP contribution in [0.25, 0.3) is 16.7 Å². The predicted molar refractivity (Wildman–Crippen MR) is 107 cm³/mol. The first-order chi connectivity index (χ1) is 13.3. The van der Waals surface area contributed by atoms with Gasteiger partial charge in [-0.2, -0.15) is 0 Å². The molecule has 4 rings (SSSR count). The van der Waals surface area contributed by atoms with Crippen LogP contribution < -0.4 is 5.73 Å². The van der Waals surface area contributed by atoms with E-state index < -0.39 is 11.7 Å². The Morgan fingerprint density at radius 3 is 2.54 bits per heavy atom. The first kappa shape index (κ1) is 18.2. The number of carbonyl (C=O) groups excluding carboxylic acids is 2. The van der Waals surface area contributed by atoms with Crippen molar-refractivity contribution in [2.24, 2.45) is 5.73 Å². The molecule has 0 fully saturated rings. The van der Waals surface area contributed by atoms with Crippen LogP contribution >= 0.6 is 0 Å². The van der Waals surface area contributed by atoms with Crippen molar-refractivity contribution >= 4 is 17.4 Å². The number of hydrogen-bond donors (Lipinski definition) is 1. The fraction of sp³-hybridized carbons (Fsp3) is 0.217. The molecule has 142 valence electrons. The average Bonchev–Trinajstić information content (AvgIpc) is 3.22. The van der Waals surface area contributed by atoms with Gasteiger partial charge in [-0.15, -0.1) is 0 Å². The number of nitrogens with zero attached hydrogens (tertiary/aromatic N) is 1. The van der Waals surface area contributed by atoms with E-state index in [1.54, 1.807) is 4.90 Å². The molecule has 2 amide bonds. The topological polar surface area (TPSA) is 63.4 Å². The minimum absolute atomic E-state index is 0.120. The van der Waals surface area contributed by atoms with Crippen molar-refractivity contribution < 1.29 is 14.0 Å². The van der Waals surface area contributed by atoms with E-state index in [1.807, 2.05) is 32.0 Å². The zero-order valence-corrected chi connectivity index (χ0v) is 15.9. The van der Waals surface area contributed by atoms with Gasteiger partial charge in [0.15, 0.2) is 0 Å². The standard InChI is InChI=1S/C23H21FN2O2/c1-4-20(27)26-10-15-6-5-14(8-16(15)11-26)22-19(24)9-18(23(25)28)17-7-12(2)13(3)21(17)22/h4-6,8-9H,1,7,10-11H2,2-3H3,(H2,25,28). The fourth-order valence-corrected chi connectivity index (χ4v) is 4.24. The summed E-state index contributed by atoms with van der Waals surface area (Å²) in [6.45, 7) is 8.48. The van der Waals surface area contributed by atoms with Crippen molar-refractivity contribution in [1.82, 2.24) is 4.90 Å². The number of fused-ring (bicyclic) bond motifs is 2. The molecule has 0 aromatic heterocycles. The average molecular weight is 376 g/mol. The Balaban J connectivity index is 1.87. The maximum absolute atomic E-state index is 15.2. The van der Waals surface area contributed by atoms with Crippen molar-refractivity contribution in [1.29, 1.82) is 0 Å². The molecule has 0 spiro atoms. The van der Waals surface area contributed by atoms with Gasteiger partial charge in [0, 0.05) is 24.2 Å². The number of halogens is 1. The van der Waals surface area contributed by atoms with Gasteiger partial charge in [-0.1, -0.05) is 24.3 Å². The predicted octanol–water partition coefficient (Wildman–Crippen LogP) is 3.97. The van der Waals surface area contributed by atoms with Crippen LogP contribution in [0.15, 0.2) is 42.5 Å². The number of amides is 2. The number of hydrogen-bond acceptors (Lipinski definition) is 2. The van der Waals surface area contributed by atoms with Crippen molar-refractivity contribution in [3.8, 4) is 11.1 Å². The lowest BCUT2D eigenvalue weighted by Gasteiger charge is -2.15. The molecule has 1 aliphatic carbocycles. The van der Waals surface area contributed by atoms with Gasteiger partial charge in [-0.3, -0.25) is 9.59 Å². The first-order valence-corrected chi connectivity index (χ1v) is 9.17. The highest BCUT2D eigenvalue weighted by atomic mass is 19.1. The first-order valence-electron chi connectivity index (χ1n) is 9.17. The fourth-order valence-electron chi connectivity index (χ4n) is 4.24. The largest absolute Gasteiger partial charge is 0.366 e. The van der Waals surface area contributed by atoms with E-state index in [9.17, 15) is 9.59 Å². The second kappa shape index (κ2) is 6.44. The summed E-state index contributed by atoms with van der Waals surface area (Å²) in [7, 11) is 0. The van der Waals surface area contributed by atoms with Crippen LogP contribution in [0.3, 0.4) is 0 Å². The van der Waals surface area contributed by atoms with Gasteiger partial charge in [-0.05, 0) is 71.9 Å². The molecule has 0 atom stereocenters. The van der Waals surface area contributed by atoms with E-state index in [0.717, 1.165) is 39.0 Å². The van der Waals surface area contributed by atoms with Crippen LogP contribution in [0.2, 0.25) is 0 Å². The van der Waals surface area contributed by atoms with Crippen LogP contribution in [-0.2, 0) is 24.3 Å². The Morgan fingerprint density at radius 1 is 1.14 bits per heavy atom. The number of benzene rings is 2. The molecule has 0 saturated carbocycles.